The van der Waals surface area contributed by atoms with E-state index in [1.165, 1.54) is 37.0 Å². The second kappa shape index (κ2) is 19.2. The number of benzene rings is 2. The summed E-state index contributed by atoms with van der Waals surface area (Å²) in [6, 6.07) is 13.5. The largest absolute Gasteiger partial charge is 0.480 e. The predicted octanol–water partition coefficient (Wildman–Crippen LogP) is 5.86. The Bertz CT molecular complexity index is 1070. The summed E-state index contributed by atoms with van der Waals surface area (Å²) in [4.78, 5) is 30.0. The number of carboxylic acids is 1. The van der Waals surface area contributed by atoms with E-state index in [1.54, 1.807) is 42.9 Å². The van der Waals surface area contributed by atoms with Gasteiger partial charge < -0.3 is 15.7 Å². The van der Waals surface area contributed by atoms with Crippen molar-refractivity contribution in [1.29, 1.82) is 0 Å². The second-order valence-electron chi connectivity index (χ2n) is 8.06. The smallest absolute Gasteiger partial charge is 0.322 e. The molecule has 4 rings (SSSR count). The summed E-state index contributed by atoms with van der Waals surface area (Å²) in [5, 5.41) is 13.9. The van der Waals surface area contributed by atoms with Crippen LogP contribution in [-0.4, -0.2) is 46.6 Å². The molecule has 0 radical (unpaired) electrons. The summed E-state index contributed by atoms with van der Waals surface area (Å²) < 4.78 is 12.4. The van der Waals surface area contributed by atoms with Crippen LogP contribution < -0.4 is 10.6 Å². The van der Waals surface area contributed by atoms with Crippen LogP contribution in [0.5, 0.6) is 0 Å². The number of halogens is 1. The first-order valence-electron chi connectivity index (χ1n) is 12.9. The SMILES string of the molecule is C=CCNCCC.CC.Fc1ccc(C2CC2)cc1.O=C(O)CNC(=O)c1ccc(-c2cnccn2)cc1. The van der Waals surface area contributed by atoms with E-state index in [4.69, 9.17) is 5.11 Å². The number of nitrogens with zero attached hydrogens (tertiary/aromatic N) is 2. The highest BCUT2D eigenvalue weighted by Gasteiger charge is 2.22. The van der Waals surface area contributed by atoms with Crippen LogP contribution in [0.1, 0.15) is 61.9 Å². The minimum absolute atomic E-state index is 0.135. The first kappa shape index (κ1) is 32.1. The van der Waals surface area contributed by atoms with Crippen LogP contribution in [0, 0.1) is 5.82 Å². The van der Waals surface area contributed by atoms with Gasteiger partial charge in [-0.1, -0.05) is 51.1 Å². The van der Waals surface area contributed by atoms with Crippen LogP contribution >= 0.6 is 0 Å². The number of amides is 1. The van der Waals surface area contributed by atoms with Crippen molar-refractivity contribution in [2.45, 2.75) is 46.0 Å². The van der Waals surface area contributed by atoms with Crippen LogP contribution in [0.15, 0.2) is 79.8 Å². The summed E-state index contributed by atoms with van der Waals surface area (Å²) in [5.74, 6) is -0.900. The second-order valence-corrected chi connectivity index (χ2v) is 8.06. The number of nitrogens with one attached hydrogen (secondary N) is 2. The fourth-order valence-corrected chi connectivity index (χ4v) is 3.03. The minimum atomic E-state index is -1.08. The van der Waals surface area contributed by atoms with Crippen molar-refractivity contribution in [2.24, 2.45) is 0 Å². The van der Waals surface area contributed by atoms with Gasteiger partial charge in [-0.2, -0.15) is 0 Å². The normalized spacial score (nSPS) is 11.3. The molecule has 0 saturated heterocycles. The summed E-state index contributed by atoms with van der Waals surface area (Å²) in [6.45, 7) is 11.4. The molecule has 1 heterocycles. The van der Waals surface area contributed by atoms with E-state index in [0.29, 0.717) is 11.3 Å². The van der Waals surface area contributed by atoms with Crippen molar-refractivity contribution in [3.63, 3.8) is 0 Å². The molecule has 0 unspecified atom stereocenters. The average Bonchev–Trinajstić information content (AvgIpc) is 3.81. The lowest BCUT2D eigenvalue weighted by molar-refractivity contribution is -0.135. The van der Waals surface area contributed by atoms with Gasteiger partial charge in [0.25, 0.3) is 5.91 Å². The third kappa shape index (κ3) is 13.4. The molecular weight excluding hydrogens is 483 g/mol. The number of carbonyl (C=O) groups is 2. The molecule has 0 bridgehead atoms. The highest BCUT2D eigenvalue weighted by molar-refractivity contribution is 5.96. The van der Waals surface area contributed by atoms with Gasteiger partial charge in [-0.15, -0.1) is 6.58 Å². The first-order chi connectivity index (χ1) is 18.4. The minimum Gasteiger partial charge on any atom is -0.480 e. The Kier molecular flexibility index (Phi) is 16.3. The van der Waals surface area contributed by atoms with E-state index >= 15 is 0 Å². The fourth-order valence-electron chi connectivity index (χ4n) is 3.03. The van der Waals surface area contributed by atoms with Crippen molar-refractivity contribution < 1.29 is 19.1 Å². The molecule has 1 aromatic heterocycles. The zero-order chi connectivity index (χ0) is 28.2. The van der Waals surface area contributed by atoms with Gasteiger partial charge >= 0.3 is 5.97 Å². The highest BCUT2D eigenvalue weighted by Crippen LogP contribution is 2.39. The Labute approximate surface area is 225 Å². The Morgan fingerprint density at radius 1 is 1.08 bits per heavy atom. The zero-order valence-corrected chi connectivity index (χ0v) is 22.5. The first-order valence-corrected chi connectivity index (χ1v) is 12.9. The number of hydrogen-bond donors (Lipinski definition) is 3. The third-order valence-corrected chi connectivity index (χ3v) is 5.04. The van der Waals surface area contributed by atoms with Gasteiger partial charge in [0.2, 0.25) is 0 Å². The molecule has 1 aliphatic carbocycles. The van der Waals surface area contributed by atoms with Gasteiger partial charge in [-0.3, -0.25) is 19.6 Å². The van der Waals surface area contributed by atoms with E-state index in [-0.39, 0.29) is 5.82 Å². The lowest BCUT2D eigenvalue weighted by atomic mass is 10.1. The molecule has 2 aromatic carbocycles. The molecule has 0 aliphatic heterocycles. The Hall–Kier alpha value is -3.91. The topological polar surface area (TPSA) is 104 Å². The predicted molar refractivity (Wildman–Crippen MR) is 151 cm³/mol. The van der Waals surface area contributed by atoms with E-state index < -0.39 is 18.4 Å². The molecule has 3 aromatic rings. The molecule has 1 aliphatic rings. The molecule has 3 N–H and O–H groups in total. The molecule has 1 fully saturated rings. The summed E-state index contributed by atoms with van der Waals surface area (Å²) in [5.41, 5.74) is 3.23. The lowest BCUT2D eigenvalue weighted by Crippen LogP contribution is -2.29. The van der Waals surface area contributed by atoms with Gasteiger partial charge in [0.15, 0.2) is 0 Å². The quantitative estimate of drug-likeness (QED) is 0.240. The van der Waals surface area contributed by atoms with Gasteiger partial charge in [0, 0.05) is 30.1 Å². The maximum Gasteiger partial charge on any atom is 0.322 e. The van der Waals surface area contributed by atoms with Gasteiger partial charge in [-0.25, -0.2) is 4.39 Å². The van der Waals surface area contributed by atoms with Crippen LogP contribution in [0.3, 0.4) is 0 Å². The van der Waals surface area contributed by atoms with Crippen molar-refractivity contribution >= 4 is 11.9 Å². The summed E-state index contributed by atoms with van der Waals surface area (Å²) in [6.07, 6.45) is 10.4. The summed E-state index contributed by atoms with van der Waals surface area (Å²) in [7, 11) is 0. The number of aromatic nitrogens is 2. The van der Waals surface area contributed by atoms with Crippen molar-refractivity contribution in [1.82, 2.24) is 20.6 Å². The maximum atomic E-state index is 12.4. The summed E-state index contributed by atoms with van der Waals surface area (Å²) >= 11 is 0. The van der Waals surface area contributed by atoms with Crippen molar-refractivity contribution in [3.05, 3.63) is 96.7 Å². The fraction of sp³-hybridized carbons (Fsp3) is 0.333. The van der Waals surface area contributed by atoms with Crippen molar-refractivity contribution in [2.75, 3.05) is 19.6 Å². The number of carboxylic acid groups (broad SMARTS) is 1. The monoisotopic (exact) mass is 522 g/mol. The number of hydrogen-bond acceptors (Lipinski definition) is 5. The van der Waals surface area contributed by atoms with E-state index in [9.17, 15) is 14.0 Å². The Balaban J connectivity index is 0.000000317. The zero-order valence-electron chi connectivity index (χ0n) is 22.5. The van der Waals surface area contributed by atoms with Crippen LogP contribution in [0.2, 0.25) is 0 Å². The van der Waals surface area contributed by atoms with Gasteiger partial charge in [0.05, 0.1) is 11.9 Å². The lowest BCUT2D eigenvalue weighted by Gasteiger charge is -2.04. The van der Waals surface area contributed by atoms with E-state index in [1.807, 2.05) is 32.1 Å². The molecular formula is C30H39FN4O3. The Morgan fingerprint density at radius 2 is 1.74 bits per heavy atom. The number of aliphatic carboxylic acids is 1. The van der Waals surface area contributed by atoms with E-state index in [2.05, 4.69) is 34.1 Å². The standard InChI is InChI=1S/C13H11N3O3.C9H9F.C6H13N.C2H6/c17-12(18)8-16-13(19)10-3-1-9(2-4-10)11-7-14-5-6-15-11;10-9-5-3-8(4-6-9)7-1-2-7;1-3-5-7-6-4-2;1-2/h1-7H,8H2,(H,16,19)(H,17,18);3-7H,1-2H2;3,7H,1,4-6H2,2H3;1-2H3. The van der Waals surface area contributed by atoms with Crippen molar-refractivity contribution in [3.8, 4) is 11.3 Å². The Morgan fingerprint density at radius 3 is 2.24 bits per heavy atom. The van der Waals surface area contributed by atoms with Crippen LogP contribution in [0.25, 0.3) is 11.3 Å². The number of rotatable bonds is 9. The molecule has 0 atom stereocenters. The molecule has 7 nitrogen and oxygen atoms in total. The average molecular weight is 523 g/mol. The molecule has 38 heavy (non-hydrogen) atoms. The number of carbonyl (C=O) groups excluding carboxylic acids is 1. The molecule has 1 saturated carbocycles. The maximum absolute atomic E-state index is 12.4. The van der Waals surface area contributed by atoms with E-state index in [0.717, 1.165) is 24.6 Å². The van der Waals surface area contributed by atoms with Crippen LogP contribution in [-0.2, 0) is 4.79 Å². The highest BCUT2D eigenvalue weighted by atomic mass is 19.1. The van der Waals surface area contributed by atoms with Crippen LogP contribution in [0.4, 0.5) is 4.39 Å². The van der Waals surface area contributed by atoms with Gasteiger partial charge in [-0.05, 0) is 61.6 Å². The third-order valence-electron chi connectivity index (χ3n) is 5.04. The molecule has 204 valence electrons. The molecule has 8 heteroatoms. The molecule has 1 amide bonds. The van der Waals surface area contributed by atoms with Gasteiger partial charge in [0.1, 0.15) is 12.4 Å². The molecule has 0 spiro atoms.